The lowest BCUT2D eigenvalue weighted by atomic mass is 9.78. The van der Waals surface area contributed by atoms with Crippen LogP contribution in [-0.4, -0.2) is 67.8 Å². The molecular formula is C33H42ClN7O4. The van der Waals surface area contributed by atoms with Crippen LogP contribution in [0.25, 0.3) is 11.0 Å². The van der Waals surface area contributed by atoms with Crippen LogP contribution < -0.4 is 21.3 Å². The van der Waals surface area contributed by atoms with E-state index < -0.39 is 11.5 Å². The highest BCUT2D eigenvalue weighted by molar-refractivity contribution is 6.31. The van der Waals surface area contributed by atoms with Gasteiger partial charge in [0, 0.05) is 51.3 Å². The Morgan fingerprint density at radius 1 is 1.18 bits per heavy atom. The molecule has 6 N–H and O–H groups in total. The molecule has 0 spiro atoms. The van der Waals surface area contributed by atoms with E-state index in [0.717, 1.165) is 30.1 Å². The molecule has 3 aromatic rings. The third-order valence-corrected chi connectivity index (χ3v) is 8.91. The van der Waals surface area contributed by atoms with Crippen LogP contribution in [0.15, 0.2) is 54.2 Å². The molecule has 1 aromatic heterocycles. The van der Waals surface area contributed by atoms with E-state index in [1.807, 2.05) is 42.5 Å². The highest BCUT2D eigenvalue weighted by Crippen LogP contribution is 2.60. The van der Waals surface area contributed by atoms with Crippen molar-refractivity contribution in [1.82, 2.24) is 31.2 Å². The second-order valence-corrected chi connectivity index (χ2v) is 12.4. The summed E-state index contributed by atoms with van der Waals surface area (Å²) in [5.41, 5.74) is 2.05. The number of halogens is 1. The summed E-state index contributed by atoms with van der Waals surface area (Å²) in [6, 6.07) is 12.7. The standard InChI is InChI=1S/C33H42ClN7O4/c1-20(42)37-16-17-38-31(44)33(3,19-45-5)21-10-11-24-26(18-21)40-29(39-24)28(41-30(43)25(36-4)12-15-35)27(32(2)13-14-32)22-8-6-7-9-23(22)34/h6-12,15,18,27-28,35-36H,13-14,16-17,19H2,1-5H3,(H,37,42)(H,38,44)(H,39,40)(H,41,43)/b25-12-,35-15?/t27?,28-,33?/m0/s1. The number of H-pyrrole nitrogens is 1. The topological polar surface area (TPSA) is 161 Å². The first-order valence-electron chi connectivity index (χ1n) is 14.9. The molecule has 3 amide bonds. The van der Waals surface area contributed by atoms with Gasteiger partial charge in [-0.15, -0.1) is 0 Å². The summed E-state index contributed by atoms with van der Waals surface area (Å²) in [6.07, 6.45) is 4.38. The van der Waals surface area contributed by atoms with E-state index in [-0.39, 0.29) is 47.9 Å². The predicted octanol–water partition coefficient (Wildman–Crippen LogP) is 3.87. The SMILES string of the molecule is CN/C(=C\C=N)C(=O)N[C@H](c1nc2cc(C(C)(COC)C(=O)NCCNC(C)=O)ccc2[nH]1)C(c1ccccc1Cl)C1(C)CC1. The van der Waals surface area contributed by atoms with Crippen LogP contribution in [0.1, 0.15) is 62.5 Å². The Kier molecular flexibility index (Phi) is 10.7. The van der Waals surface area contributed by atoms with E-state index in [0.29, 0.717) is 28.5 Å². The fourth-order valence-electron chi connectivity index (χ4n) is 5.77. The zero-order valence-corrected chi connectivity index (χ0v) is 27.1. The molecule has 45 heavy (non-hydrogen) atoms. The van der Waals surface area contributed by atoms with Crippen LogP contribution in [0.3, 0.4) is 0 Å². The highest BCUT2D eigenvalue weighted by Gasteiger charge is 2.51. The molecular weight excluding hydrogens is 594 g/mol. The number of methoxy groups -OCH3 is 1. The number of carbonyl (C=O) groups excluding carboxylic acids is 3. The smallest absolute Gasteiger partial charge is 0.268 e. The van der Waals surface area contributed by atoms with Gasteiger partial charge in [-0.2, -0.15) is 0 Å². The van der Waals surface area contributed by atoms with Gasteiger partial charge in [-0.1, -0.05) is 42.8 Å². The fourth-order valence-corrected chi connectivity index (χ4v) is 6.02. The van der Waals surface area contributed by atoms with Crippen LogP contribution in [0, 0.1) is 10.8 Å². The van der Waals surface area contributed by atoms with E-state index in [4.69, 9.17) is 26.7 Å². The van der Waals surface area contributed by atoms with Crippen molar-refractivity contribution in [3.63, 3.8) is 0 Å². The Balaban J connectivity index is 1.77. The summed E-state index contributed by atoms with van der Waals surface area (Å²) in [4.78, 5) is 46.5. The van der Waals surface area contributed by atoms with Crippen molar-refractivity contribution >= 4 is 46.6 Å². The molecule has 1 heterocycles. The van der Waals surface area contributed by atoms with E-state index >= 15 is 0 Å². The maximum absolute atomic E-state index is 13.5. The third kappa shape index (κ3) is 7.54. The predicted molar refractivity (Wildman–Crippen MR) is 175 cm³/mol. The lowest BCUT2D eigenvalue weighted by Crippen LogP contribution is -2.47. The lowest BCUT2D eigenvalue weighted by Gasteiger charge is -2.33. The van der Waals surface area contributed by atoms with Gasteiger partial charge < -0.3 is 36.4 Å². The first-order chi connectivity index (χ1) is 21.5. The van der Waals surface area contributed by atoms with Gasteiger partial charge in [-0.25, -0.2) is 4.98 Å². The zero-order valence-electron chi connectivity index (χ0n) is 26.3. The van der Waals surface area contributed by atoms with Gasteiger partial charge in [0.1, 0.15) is 11.5 Å². The van der Waals surface area contributed by atoms with E-state index in [9.17, 15) is 14.4 Å². The minimum absolute atomic E-state index is 0.125. The Hall–Kier alpha value is -4.22. The number of fused-ring (bicyclic) bond motifs is 1. The second-order valence-electron chi connectivity index (χ2n) is 12.0. The van der Waals surface area contributed by atoms with Gasteiger partial charge in [0.05, 0.1) is 29.1 Å². The van der Waals surface area contributed by atoms with Crippen molar-refractivity contribution in [2.75, 3.05) is 33.9 Å². The molecule has 4 rings (SSSR count). The summed E-state index contributed by atoms with van der Waals surface area (Å²) in [7, 11) is 3.17. The van der Waals surface area contributed by atoms with Gasteiger partial charge in [0.2, 0.25) is 11.8 Å². The largest absolute Gasteiger partial charge is 0.384 e. The Bertz CT molecular complexity index is 1600. The van der Waals surface area contributed by atoms with Crippen molar-refractivity contribution in [2.24, 2.45) is 5.41 Å². The number of imidazole rings is 1. The van der Waals surface area contributed by atoms with E-state index in [1.165, 1.54) is 13.0 Å². The van der Waals surface area contributed by atoms with Gasteiger partial charge in [-0.05, 0) is 60.6 Å². The fraction of sp³-hybridized carbons (Fsp3) is 0.424. The molecule has 1 aliphatic carbocycles. The Morgan fingerprint density at radius 3 is 2.51 bits per heavy atom. The molecule has 1 aliphatic rings. The molecule has 2 unspecified atom stereocenters. The number of aromatic amines is 1. The van der Waals surface area contributed by atoms with Crippen LogP contribution in [0.4, 0.5) is 0 Å². The number of ether oxygens (including phenoxy) is 1. The summed E-state index contributed by atoms with van der Waals surface area (Å²) in [6.45, 7) is 6.13. The molecule has 1 fully saturated rings. The van der Waals surface area contributed by atoms with Gasteiger partial charge >= 0.3 is 0 Å². The average Bonchev–Trinajstić information content (AvgIpc) is 3.60. The summed E-state index contributed by atoms with van der Waals surface area (Å²) in [5, 5.41) is 19.7. The van der Waals surface area contributed by atoms with Gasteiger partial charge in [-0.3, -0.25) is 14.4 Å². The van der Waals surface area contributed by atoms with Crippen LogP contribution >= 0.6 is 11.6 Å². The molecule has 0 bridgehead atoms. The van der Waals surface area contributed by atoms with Crippen molar-refractivity contribution in [3.8, 4) is 0 Å². The molecule has 12 heteroatoms. The number of likely N-dealkylation sites (N-methyl/N-ethyl adjacent to an activating group) is 1. The molecule has 0 saturated heterocycles. The number of aromatic nitrogens is 2. The quantitative estimate of drug-likeness (QED) is 0.0844. The maximum atomic E-state index is 13.5. The number of hydrogen-bond donors (Lipinski definition) is 6. The van der Waals surface area contributed by atoms with Crippen LogP contribution in [-0.2, 0) is 24.5 Å². The zero-order chi connectivity index (χ0) is 32.8. The summed E-state index contributed by atoms with van der Waals surface area (Å²) in [5.74, 6) is -0.447. The number of rotatable bonds is 15. The number of amides is 3. The second kappa shape index (κ2) is 14.3. The number of allylic oxidation sites excluding steroid dienone is 1. The van der Waals surface area contributed by atoms with E-state index in [2.05, 4.69) is 33.2 Å². The number of nitrogens with one attached hydrogen (secondary N) is 6. The van der Waals surface area contributed by atoms with Gasteiger partial charge in [0.25, 0.3) is 5.91 Å². The van der Waals surface area contributed by atoms with Gasteiger partial charge in [0.15, 0.2) is 0 Å². The van der Waals surface area contributed by atoms with Crippen molar-refractivity contribution in [2.45, 2.75) is 51.0 Å². The van der Waals surface area contributed by atoms with E-state index in [1.54, 1.807) is 21.1 Å². The van der Waals surface area contributed by atoms with Crippen molar-refractivity contribution in [1.29, 1.82) is 5.41 Å². The minimum atomic E-state index is -1.03. The Morgan fingerprint density at radius 2 is 1.89 bits per heavy atom. The molecule has 0 radical (unpaired) electrons. The summed E-state index contributed by atoms with van der Waals surface area (Å²) >= 11 is 6.76. The lowest BCUT2D eigenvalue weighted by molar-refractivity contribution is -0.128. The molecule has 11 nitrogen and oxygen atoms in total. The summed E-state index contributed by atoms with van der Waals surface area (Å²) < 4.78 is 5.47. The highest BCUT2D eigenvalue weighted by atomic mass is 35.5. The molecule has 240 valence electrons. The molecule has 3 atom stereocenters. The average molecular weight is 636 g/mol. The van der Waals surface area contributed by atoms with Crippen LogP contribution in [0.5, 0.6) is 0 Å². The Labute approximate surface area is 268 Å². The number of benzene rings is 2. The van der Waals surface area contributed by atoms with Crippen LogP contribution in [0.2, 0.25) is 5.02 Å². The molecule has 0 aliphatic heterocycles. The molecule has 1 saturated carbocycles. The number of nitrogens with zero attached hydrogens (tertiary/aromatic N) is 1. The number of carbonyl (C=O) groups is 3. The van der Waals surface area contributed by atoms with Crippen molar-refractivity contribution in [3.05, 3.63) is 76.2 Å². The molecule has 2 aromatic carbocycles. The first-order valence-corrected chi connectivity index (χ1v) is 15.3. The number of hydrogen-bond acceptors (Lipinski definition) is 7. The normalized spacial score (nSPS) is 16.6. The third-order valence-electron chi connectivity index (χ3n) is 8.57. The maximum Gasteiger partial charge on any atom is 0.268 e. The first kappa shape index (κ1) is 33.7. The minimum Gasteiger partial charge on any atom is -0.384 e. The van der Waals surface area contributed by atoms with Crippen molar-refractivity contribution < 1.29 is 19.1 Å². The monoisotopic (exact) mass is 635 g/mol.